The molecule has 96 valence electrons. The monoisotopic (exact) mass is 245 g/mol. The second-order valence-electron chi connectivity index (χ2n) is 5.35. The SMILES string of the molecule is O=C(CC1CC1)N1COC[C@@H]1Cc1ccccc1. The molecule has 0 spiro atoms. The molecule has 1 aromatic carbocycles. The van der Waals surface area contributed by atoms with Crippen LogP contribution in [-0.4, -0.2) is 30.2 Å². The molecule has 1 amide bonds. The molecule has 18 heavy (non-hydrogen) atoms. The fourth-order valence-corrected chi connectivity index (χ4v) is 2.50. The van der Waals surface area contributed by atoms with E-state index in [0.717, 1.165) is 6.42 Å². The van der Waals surface area contributed by atoms with Gasteiger partial charge in [0.15, 0.2) is 0 Å². The van der Waals surface area contributed by atoms with Gasteiger partial charge in [0.1, 0.15) is 6.73 Å². The number of nitrogens with zero attached hydrogens (tertiary/aromatic N) is 1. The van der Waals surface area contributed by atoms with E-state index in [1.165, 1.54) is 18.4 Å². The van der Waals surface area contributed by atoms with Crippen LogP contribution in [-0.2, 0) is 16.0 Å². The zero-order valence-electron chi connectivity index (χ0n) is 10.5. The molecule has 2 aliphatic rings. The Labute approximate surface area is 108 Å². The maximum atomic E-state index is 12.1. The number of hydrogen-bond acceptors (Lipinski definition) is 2. The number of rotatable bonds is 4. The Morgan fingerprint density at radius 3 is 2.78 bits per heavy atom. The predicted molar refractivity (Wildman–Crippen MR) is 68.9 cm³/mol. The summed E-state index contributed by atoms with van der Waals surface area (Å²) in [5, 5.41) is 0. The molecule has 0 N–H and O–H groups in total. The summed E-state index contributed by atoms with van der Waals surface area (Å²) >= 11 is 0. The number of hydrogen-bond donors (Lipinski definition) is 0. The Morgan fingerprint density at radius 2 is 2.06 bits per heavy atom. The van der Waals surface area contributed by atoms with E-state index >= 15 is 0 Å². The molecule has 3 rings (SSSR count). The summed E-state index contributed by atoms with van der Waals surface area (Å²) < 4.78 is 5.47. The van der Waals surface area contributed by atoms with Crippen LogP contribution in [0.1, 0.15) is 24.8 Å². The van der Waals surface area contributed by atoms with Gasteiger partial charge in [-0.3, -0.25) is 4.79 Å². The molecule has 1 saturated heterocycles. The fraction of sp³-hybridized carbons (Fsp3) is 0.533. The minimum atomic E-state index is 0.221. The van der Waals surface area contributed by atoms with Crippen molar-refractivity contribution in [2.75, 3.05) is 13.3 Å². The quantitative estimate of drug-likeness (QED) is 0.814. The van der Waals surface area contributed by atoms with Crippen LogP contribution in [0, 0.1) is 5.92 Å². The minimum Gasteiger partial charge on any atom is -0.359 e. The maximum Gasteiger partial charge on any atom is 0.225 e. The van der Waals surface area contributed by atoms with E-state index in [1.807, 2.05) is 23.1 Å². The lowest BCUT2D eigenvalue weighted by Crippen LogP contribution is -2.38. The van der Waals surface area contributed by atoms with E-state index in [9.17, 15) is 4.79 Å². The summed E-state index contributed by atoms with van der Waals surface area (Å²) in [6.45, 7) is 1.15. The zero-order chi connectivity index (χ0) is 12.4. The minimum absolute atomic E-state index is 0.221. The highest BCUT2D eigenvalue weighted by Crippen LogP contribution is 2.33. The Morgan fingerprint density at radius 1 is 1.28 bits per heavy atom. The summed E-state index contributed by atoms with van der Waals surface area (Å²) in [4.78, 5) is 14.1. The van der Waals surface area contributed by atoms with Gasteiger partial charge in [-0.2, -0.15) is 0 Å². The van der Waals surface area contributed by atoms with Crippen LogP contribution in [0.25, 0.3) is 0 Å². The Balaban J connectivity index is 1.61. The van der Waals surface area contributed by atoms with Gasteiger partial charge in [0.2, 0.25) is 5.91 Å². The highest BCUT2D eigenvalue weighted by Gasteiger charge is 2.33. The molecule has 0 aromatic heterocycles. The van der Waals surface area contributed by atoms with Crippen LogP contribution >= 0.6 is 0 Å². The number of carbonyl (C=O) groups is 1. The average Bonchev–Trinajstić information content (AvgIpc) is 3.07. The van der Waals surface area contributed by atoms with Crippen LogP contribution in [0.15, 0.2) is 30.3 Å². The van der Waals surface area contributed by atoms with Crippen LogP contribution in [0.5, 0.6) is 0 Å². The predicted octanol–water partition coefficient (Wildman–Crippen LogP) is 2.21. The van der Waals surface area contributed by atoms with Gasteiger partial charge < -0.3 is 9.64 Å². The average molecular weight is 245 g/mol. The lowest BCUT2D eigenvalue weighted by Gasteiger charge is -2.22. The molecule has 1 atom stereocenters. The van der Waals surface area contributed by atoms with Crippen molar-refractivity contribution < 1.29 is 9.53 Å². The standard InChI is InChI=1S/C15H19NO2/c17-15(9-13-6-7-13)16-11-18-10-14(16)8-12-4-2-1-3-5-12/h1-5,13-14H,6-11H2/t14-/m0/s1. The van der Waals surface area contributed by atoms with Gasteiger partial charge >= 0.3 is 0 Å². The fourth-order valence-electron chi connectivity index (χ4n) is 2.50. The number of benzene rings is 1. The lowest BCUT2D eigenvalue weighted by molar-refractivity contribution is -0.133. The van der Waals surface area contributed by atoms with Crippen molar-refractivity contribution >= 4 is 5.91 Å². The van der Waals surface area contributed by atoms with Crippen molar-refractivity contribution in [3.05, 3.63) is 35.9 Å². The van der Waals surface area contributed by atoms with Crippen LogP contribution in [0.3, 0.4) is 0 Å². The lowest BCUT2D eigenvalue weighted by atomic mass is 10.1. The summed E-state index contributed by atoms with van der Waals surface area (Å²) in [7, 11) is 0. The van der Waals surface area contributed by atoms with Crippen LogP contribution in [0.2, 0.25) is 0 Å². The maximum absolute atomic E-state index is 12.1. The molecule has 1 saturated carbocycles. The second-order valence-corrected chi connectivity index (χ2v) is 5.35. The summed E-state index contributed by atoms with van der Waals surface area (Å²) in [5.74, 6) is 0.923. The smallest absolute Gasteiger partial charge is 0.225 e. The molecule has 0 unspecified atom stereocenters. The third-order valence-electron chi connectivity index (χ3n) is 3.78. The molecule has 1 heterocycles. The van der Waals surface area contributed by atoms with Gasteiger partial charge in [0, 0.05) is 6.42 Å². The van der Waals surface area contributed by atoms with Gasteiger partial charge in [0.05, 0.1) is 12.6 Å². The molecule has 1 aromatic rings. The van der Waals surface area contributed by atoms with Crippen molar-refractivity contribution in [1.82, 2.24) is 4.90 Å². The van der Waals surface area contributed by atoms with Gasteiger partial charge in [-0.15, -0.1) is 0 Å². The van der Waals surface area contributed by atoms with E-state index in [0.29, 0.717) is 25.7 Å². The Kier molecular flexibility index (Phi) is 3.33. The summed E-state index contributed by atoms with van der Waals surface area (Å²) in [5.41, 5.74) is 1.28. The van der Waals surface area contributed by atoms with E-state index < -0.39 is 0 Å². The largest absolute Gasteiger partial charge is 0.359 e. The van der Waals surface area contributed by atoms with Gasteiger partial charge in [-0.25, -0.2) is 0 Å². The first kappa shape index (κ1) is 11.7. The first-order chi connectivity index (χ1) is 8.83. The van der Waals surface area contributed by atoms with Gasteiger partial charge in [0.25, 0.3) is 0 Å². The molecule has 0 radical (unpaired) electrons. The van der Waals surface area contributed by atoms with Crippen molar-refractivity contribution in [3.63, 3.8) is 0 Å². The van der Waals surface area contributed by atoms with Crippen molar-refractivity contribution in [1.29, 1.82) is 0 Å². The third-order valence-corrected chi connectivity index (χ3v) is 3.78. The summed E-state index contributed by atoms with van der Waals surface area (Å²) in [6, 6.07) is 10.6. The topological polar surface area (TPSA) is 29.5 Å². The van der Waals surface area contributed by atoms with Crippen LogP contribution in [0.4, 0.5) is 0 Å². The molecular weight excluding hydrogens is 226 g/mol. The molecule has 3 heteroatoms. The van der Waals surface area contributed by atoms with Crippen molar-refractivity contribution in [2.45, 2.75) is 31.7 Å². The highest BCUT2D eigenvalue weighted by molar-refractivity contribution is 5.77. The Bertz CT molecular complexity index is 414. The second kappa shape index (κ2) is 5.11. The number of amides is 1. The van der Waals surface area contributed by atoms with Crippen LogP contribution < -0.4 is 0 Å². The Hall–Kier alpha value is -1.35. The first-order valence-electron chi connectivity index (χ1n) is 6.74. The molecule has 2 fully saturated rings. The molecular formula is C15H19NO2. The number of carbonyl (C=O) groups excluding carboxylic acids is 1. The molecule has 0 bridgehead atoms. The van der Waals surface area contributed by atoms with E-state index in [2.05, 4.69) is 12.1 Å². The third kappa shape index (κ3) is 2.72. The van der Waals surface area contributed by atoms with E-state index in [-0.39, 0.29) is 11.9 Å². The molecule has 3 nitrogen and oxygen atoms in total. The highest BCUT2D eigenvalue weighted by atomic mass is 16.5. The zero-order valence-corrected chi connectivity index (χ0v) is 10.5. The van der Waals surface area contributed by atoms with Crippen molar-refractivity contribution in [2.24, 2.45) is 5.92 Å². The van der Waals surface area contributed by atoms with E-state index in [4.69, 9.17) is 4.74 Å². The van der Waals surface area contributed by atoms with E-state index in [1.54, 1.807) is 0 Å². The molecule has 1 aliphatic carbocycles. The van der Waals surface area contributed by atoms with Gasteiger partial charge in [-0.05, 0) is 30.7 Å². The normalized spacial score (nSPS) is 23.3. The summed E-state index contributed by atoms with van der Waals surface area (Å²) in [6.07, 6.45) is 4.07. The van der Waals surface area contributed by atoms with Gasteiger partial charge in [-0.1, -0.05) is 30.3 Å². The van der Waals surface area contributed by atoms with Crippen molar-refractivity contribution in [3.8, 4) is 0 Å². The number of ether oxygens (including phenoxy) is 1. The first-order valence-corrected chi connectivity index (χ1v) is 6.74. The molecule has 1 aliphatic heterocycles.